The Hall–Kier alpha value is -1.73. The van der Waals surface area contributed by atoms with Crippen LogP contribution in [-0.2, 0) is 14.3 Å². The molecular formula is C18H20N2O3S2. The lowest BCUT2D eigenvalue weighted by atomic mass is 9.94. The number of ether oxygens (including phenoxy) is 1. The molecule has 1 amide bonds. The van der Waals surface area contributed by atoms with Gasteiger partial charge in [0.1, 0.15) is 0 Å². The van der Waals surface area contributed by atoms with Crippen LogP contribution in [0.25, 0.3) is 0 Å². The number of amidine groups is 1. The highest BCUT2D eigenvalue weighted by molar-refractivity contribution is 8.15. The van der Waals surface area contributed by atoms with Gasteiger partial charge in [0, 0.05) is 4.90 Å². The van der Waals surface area contributed by atoms with Gasteiger partial charge in [-0.2, -0.15) is 0 Å². The molecule has 2 heterocycles. The molecule has 1 saturated heterocycles. The summed E-state index contributed by atoms with van der Waals surface area (Å²) in [5.74, 6) is -0.448. The van der Waals surface area contributed by atoms with Crippen LogP contribution in [0, 0.1) is 0 Å². The van der Waals surface area contributed by atoms with E-state index in [4.69, 9.17) is 4.74 Å². The van der Waals surface area contributed by atoms with Crippen molar-refractivity contribution in [1.82, 2.24) is 4.90 Å². The standard InChI is InChI=1S/C18H20N2O3S2/c1-5-13-16(21)20-15(11-6-8-12(24-4)9-7-11)14(17(22)23-3)10(2)19-18(20)25-13/h6-9,13,15H,5H2,1-4H3/t13-,15-/m0/s1. The number of allylic oxidation sites excluding steroid dienone is 1. The molecule has 5 nitrogen and oxygen atoms in total. The average Bonchev–Trinajstić information content (AvgIpc) is 2.95. The van der Waals surface area contributed by atoms with Gasteiger partial charge in [0.25, 0.3) is 0 Å². The van der Waals surface area contributed by atoms with Crippen molar-refractivity contribution in [1.29, 1.82) is 0 Å². The van der Waals surface area contributed by atoms with Crippen molar-refractivity contribution < 1.29 is 14.3 Å². The highest BCUT2D eigenvalue weighted by Crippen LogP contribution is 2.44. The molecular weight excluding hydrogens is 356 g/mol. The van der Waals surface area contributed by atoms with Crippen LogP contribution in [0.5, 0.6) is 0 Å². The van der Waals surface area contributed by atoms with Crippen molar-refractivity contribution in [3.05, 3.63) is 41.1 Å². The van der Waals surface area contributed by atoms with Gasteiger partial charge in [-0.1, -0.05) is 30.8 Å². The lowest BCUT2D eigenvalue weighted by Crippen LogP contribution is -2.40. The van der Waals surface area contributed by atoms with Gasteiger partial charge in [-0.05, 0) is 37.3 Å². The highest BCUT2D eigenvalue weighted by Gasteiger charge is 2.47. The maximum atomic E-state index is 12.9. The molecule has 0 N–H and O–H groups in total. The Morgan fingerprint density at radius 1 is 1.36 bits per heavy atom. The van der Waals surface area contributed by atoms with Crippen LogP contribution in [0.3, 0.4) is 0 Å². The molecule has 1 aromatic rings. The number of fused-ring (bicyclic) bond motifs is 1. The molecule has 1 fully saturated rings. The molecule has 1 aromatic carbocycles. The summed E-state index contributed by atoms with van der Waals surface area (Å²) in [6.45, 7) is 3.78. The molecule has 0 saturated carbocycles. The van der Waals surface area contributed by atoms with E-state index in [0.29, 0.717) is 16.4 Å². The average molecular weight is 377 g/mol. The van der Waals surface area contributed by atoms with Crippen molar-refractivity contribution in [3.8, 4) is 0 Å². The Balaban J connectivity index is 2.12. The Bertz CT molecular complexity index is 771. The normalized spacial score (nSPS) is 22.8. The number of amides is 1. The minimum atomic E-state index is -0.493. The van der Waals surface area contributed by atoms with Crippen LogP contribution in [0.15, 0.2) is 45.4 Å². The van der Waals surface area contributed by atoms with Gasteiger partial charge < -0.3 is 4.74 Å². The van der Waals surface area contributed by atoms with Crippen molar-refractivity contribution in [2.24, 2.45) is 4.99 Å². The number of nitrogens with zero attached hydrogens (tertiary/aromatic N) is 2. The van der Waals surface area contributed by atoms with Crippen LogP contribution < -0.4 is 0 Å². The van der Waals surface area contributed by atoms with E-state index >= 15 is 0 Å². The quantitative estimate of drug-likeness (QED) is 0.593. The minimum Gasteiger partial charge on any atom is -0.466 e. The molecule has 3 rings (SSSR count). The first-order valence-electron chi connectivity index (χ1n) is 8.03. The molecule has 7 heteroatoms. The number of hydrogen-bond donors (Lipinski definition) is 0. The summed E-state index contributed by atoms with van der Waals surface area (Å²) >= 11 is 3.12. The highest BCUT2D eigenvalue weighted by atomic mass is 32.2. The number of carbonyl (C=O) groups is 2. The van der Waals surface area contributed by atoms with Gasteiger partial charge in [-0.25, -0.2) is 9.79 Å². The van der Waals surface area contributed by atoms with Crippen LogP contribution >= 0.6 is 23.5 Å². The first-order chi connectivity index (χ1) is 12.0. The van der Waals surface area contributed by atoms with E-state index in [0.717, 1.165) is 16.9 Å². The van der Waals surface area contributed by atoms with Crippen LogP contribution in [0.1, 0.15) is 31.9 Å². The van der Waals surface area contributed by atoms with Crippen molar-refractivity contribution >= 4 is 40.6 Å². The van der Waals surface area contributed by atoms with Gasteiger partial charge in [0.05, 0.1) is 29.7 Å². The summed E-state index contributed by atoms with van der Waals surface area (Å²) in [4.78, 5) is 32.6. The smallest absolute Gasteiger partial charge is 0.338 e. The largest absolute Gasteiger partial charge is 0.466 e. The van der Waals surface area contributed by atoms with Crippen molar-refractivity contribution in [3.63, 3.8) is 0 Å². The number of rotatable bonds is 4. The number of carbonyl (C=O) groups excluding carboxylic acids is 2. The first kappa shape index (κ1) is 18.1. The van der Waals surface area contributed by atoms with E-state index in [1.165, 1.54) is 18.9 Å². The second-order valence-electron chi connectivity index (χ2n) is 5.78. The number of aliphatic imine (C=N–C) groups is 1. The molecule has 0 aromatic heterocycles. The third kappa shape index (κ3) is 3.11. The van der Waals surface area contributed by atoms with Gasteiger partial charge in [-0.15, -0.1) is 11.8 Å². The zero-order valence-electron chi connectivity index (χ0n) is 14.6. The lowest BCUT2D eigenvalue weighted by molar-refractivity contribution is -0.137. The zero-order valence-corrected chi connectivity index (χ0v) is 16.2. The van der Waals surface area contributed by atoms with E-state index in [1.807, 2.05) is 37.4 Å². The van der Waals surface area contributed by atoms with E-state index < -0.39 is 12.0 Å². The zero-order chi connectivity index (χ0) is 18.1. The van der Waals surface area contributed by atoms with E-state index in [-0.39, 0.29) is 11.2 Å². The molecule has 2 aliphatic rings. The summed E-state index contributed by atoms with van der Waals surface area (Å²) in [6, 6.07) is 7.44. The summed E-state index contributed by atoms with van der Waals surface area (Å²) in [5.41, 5.74) is 1.92. The number of thioether (sulfide) groups is 2. The summed E-state index contributed by atoms with van der Waals surface area (Å²) < 4.78 is 4.98. The maximum Gasteiger partial charge on any atom is 0.338 e. The van der Waals surface area contributed by atoms with Crippen LogP contribution in [0.2, 0.25) is 0 Å². The molecule has 2 atom stereocenters. The summed E-state index contributed by atoms with van der Waals surface area (Å²) in [6.07, 6.45) is 2.74. The molecule has 0 spiro atoms. The summed E-state index contributed by atoms with van der Waals surface area (Å²) in [7, 11) is 1.35. The van der Waals surface area contributed by atoms with Crippen LogP contribution in [-0.4, -0.2) is 40.6 Å². The Morgan fingerprint density at radius 3 is 2.60 bits per heavy atom. The second-order valence-corrected chi connectivity index (χ2v) is 7.83. The Kier molecular flexibility index (Phi) is 5.24. The molecule has 0 radical (unpaired) electrons. The van der Waals surface area contributed by atoms with E-state index in [2.05, 4.69) is 4.99 Å². The van der Waals surface area contributed by atoms with Crippen molar-refractivity contribution in [2.75, 3.05) is 13.4 Å². The molecule has 0 unspecified atom stereocenters. The number of methoxy groups -OCH3 is 1. The second kappa shape index (κ2) is 7.25. The fraction of sp³-hybridized carbons (Fsp3) is 0.389. The monoisotopic (exact) mass is 376 g/mol. The SMILES string of the molecule is CC[C@@H]1SC2=NC(C)=C(C(=O)OC)[C@H](c3ccc(SC)cc3)N2C1=O. The van der Waals surface area contributed by atoms with Gasteiger partial charge in [0.15, 0.2) is 5.17 Å². The van der Waals surface area contributed by atoms with E-state index in [1.54, 1.807) is 23.6 Å². The van der Waals surface area contributed by atoms with E-state index in [9.17, 15) is 9.59 Å². The maximum absolute atomic E-state index is 12.9. The van der Waals surface area contributed by atoms with Crippen molar-refractivity contribution in [2.45, 2.75) is 36.5 Å². The summed E-state index contributed by atoms with van der Waals surface area (Å²) in [5, 5.41) is 0.512. The van der Waals surface area contributed by atoms with Gasteiger partial charge in [0.2, 0.25) is 5.91 Å². The molecule has 0 aliphatic carbocycles. The van der Waals surface area contributed by atoms with Gasteiger partial charge >= 0.3 is 5.97 Å². The molecule has 25 heavy (non-hydrogen) atoms. The fourth-order valence-electron chi connectivity index (χ4n) is 3.06. The van der Waals surface area contributed by atoms with Gasteiger partial charge in [-0.3, -0.25) is 9.69 Å². The topological polar surface area (TPSA) is 59.0 Å². The van der Waals surface area contributed by atoms with Crippen LogP contribution in [0.4, 0.5) is 0 Å². The third-order valence-electron chi connectivity index (χ3n) is 4.36. The molecule has 2 aliphatic heterocycles. The Morgan fingerprint density at radius 2 is 2.04 bits per heavy atom. The third-order valence-corrected chi connectivity index (χ3v) is 6.42. The number of esters is 1. The molecule has 132 valence electrons. The molecule has 0 bridgehead atoms. The lowest BCUT2D eigenvalue weighted by Gasteiger charge is -2.32. The minimum absolute atomic E-state index is 0.000837. The predicted octanol–water partition coefficient (Wildman–Crippen LogP) is 3.62. The predicted molar refractivity (Wildman–Crippen MR) is 102 cm³/mol. The Labute approximate surface area is 155 Å². The fourth-order valence-corrected chi connectivity index (χ4v) is 4.60. The number of hydrogen-bond acceptors (Lipinski definition) is 6. The first-order valence-corrected chi connectivity index (χ1v) is 10.1. The number of benzene rings is 1.